The summed E-state index contributed by atoms with van der Waals surface area (Å²) in [5, 5.41) is 0. The van der Waals surface area contributed by atoms with Gasteiger partial charge in [0.1, 0.15) is 0 Å². The summed E-state index contributed by atoms with van der Waals surface area (Å²) >= 11 is 0. The van der Waals surface area contributed by atoms with Gasteiger partial charge in [0, 0.05) is 53.5 Å². The molecule has 1 saturated heterocycles. The van der Waals surface area contributed by atoms with Crippen LogP contribution in [0.1, 0.15) is 51.4 Å². The highest BCUT2D eigenvalue weighted by atomic mass is 16.5. The van der Waals surface area contributed by atoms with Crippen molar-refractivity contribution in [2.75, 3.05) is 93.1 Å². The van der Waals surface area contributed by atoms with Gasteiger partial charge >= 0.3 is 0 Å². The summed E-state index contributed by atoms with van der Waals surface area (Å²) < 4.78 is 36.2. The van der Waals surface area contributed by atoms with E-state index in [0.29, 0.717) is 0 Å². The van der Waals surface area contributed by atoms with Gasteiger partial charge in [-0.1, -0.05) is 25.7 Å². The number of rotatable bonds is 6. The summed E-state index contributed by atoms with van der Waals surface area (Å²) in [6, 6.07) is 0. The molecular weight excluding hydrogens is 436 g/mol. The van der Waals surface area contributed by atoms with E-state index < -0.39 is 0 Å². The van der Waals surface area contributed by atoms with Crippen LogP contribution in [-0.2, 0) is 28.4 Å². The van der Waals surface area contributed by atoms with Crippen LogP contribution in [0, 0.1) is 0 Å². The minimum atomic E-state index is 0.201. The lowest BCUT2D eigenvalue weighted by atomic mass is 9.94. The van der Waals surface area contributed by atoms with E-state index in [9.17, 15) is 0 Å². The zero-order valence-corrected chi connectivity index (χ0v) is 21.8. The Morgan fingerprint density at radius 3 is 1.09 bits per heavy atom. The van der Waals surface area contributed by atoms with Crippen molar-refractivity contribution < 1.29 is 28.4 Å². The van der Waals surface area contributed by atoms with E-state index >= 15 is 0 Å². The van der Waals surface area contributed by atoms with Crippen LogP contribution < -0.4 is 0 Å². The Morgan fingerprint density at radius 1 is 0.529 bits per heavy atom. The third-order valence-electron chi connectivity index (χ3n) is 7.46. The number of nitrogens with zero attached hydrogens (tertiary/aromatic N) is 2. The van der Waals surface area contributed by atoms with Crippen LogP contribution in [0.15, 0.2) is 0 Å². The third kappa shape index (κ3) is 10.3. The monoisotopic (exact) mass is 486 g/mol. The zero-order chi connectivity index (χ0) is 23.8. The van der Waals surface area contributed by atoms with Crippen molar-refractivity contribution in [2.45, 2.75) is 75.8 Å². The molecule has 0 spiro atoms. The molecule has 3 aliphatic rings. The van der Waals surface area contributed by atoms with Crippen LogP contribution in [0.5, 0.6) is 0 Å². The second kappa shape index (κ2) is 17.2. The van der Waals surface area contributed by atoms with Crippen molar-refractivity contribution in [3.8, 4) is 0 Å². The Balaban J connectivity index is 1.60. The lowest BCUT2D eigenvalue weighted by Gasteiger charge is -2.34. The number of methoxy groups -OCH3 is 2. The highest BCUT2D eigenvalue weighted by Gasteiger charge is 2.28. The van der Waals surface area contributed by atoms with Crippen LogP contribution in [0.2, 0.25) is 0 Å². The van der Waals surface area contributed by atoms with Gasteiger partial charge in [0.05, 0.1) is 64.1 Å². The smallest absolute Gasteiger partial charge is 0.0837 e. The molecule has 0 aromatic heterocycles. The van der Waals surface area contributed by atoms with E-state index in [4.69, 9.17) is 28.4 Å². The highest BCUT2D eigenvalue weighted by molar-refractivity contribution is 4.79. The van der Waals surface area contributed by atoms with Crippen LogP contribution in [0.3, 0.4) is 0 Å². The van der Waals surface area contributed by atoms with Crippen LogP contribution in [0.25, 0.3) is 0 Å². The number of fused-ring (bicyclic) bond motifs is 2. The molecule has 0 aromatic rings. The molecule has 0 bridgehead atoms. The SMILES string of the molecule is COCCN1CCOC2CCCCC2OCCN(CCOC)CCOC2CCCCC2OCC1. The maximum atomic E-state index is 6.38. The van der Waals surface area contributed by atoms with Crippen molar-refractivity contribution in [1.82, 2.24) is 9.80 Å². The van der Waals surface area contributed by atoms with E-state index in [1.54, 1.807) is 14.2 Å². The van der Waals surface area contributed by atoms with Gasteiger partial charge in [0.15, 0.2) is 0 Å². The van der Waals surface area contributed by atoms with Gasteiger partial charge in [-0.15, -0.1) is 0 Å². The molecular formula is C26H50N2O6. The summed E-state index contributed by atoms with van der Waals surface area (Å²) in [6.07, 6.45) is 10.1. The third-order valence-corrected chi connectivity index (χ3v) is 7.46. The molecule has 0 amide bonds. The first kappa shape index (κ1) is 28.3. The zero-order valence-electron chi connectivity index (χ0n) is 21.8. The molecule has 4 atom stereocenters. The summed E-state index contributed by atoms with van der Waals surface area (Å²) in [5.41, 5.74) is 0. The predicted octanol–water partition coefficient (Wildman–Crippen LogP) is 2.59. The summed E-state index contributed by atoms with van der Waals surface area (Å²) in [5.74, 6) is 0. The second-order valence-electron chi connectivity index (χ2n) is 9.87. The first-order valence-corrected chi connectivity index (χ1v) is 13.7. The quantitative estimate of drug-likeness (QED) is 0.568. The topological polar surface area (TPSA) is 61.9 Å². The van der Waals surface area contributed by atoms with Crippen LogP contribution in [0.4, 0.5) is 0 Å². The summed E-state index contributed by atoms with van der Waals surface area (Å²) in [6.45, 7) is 9.73. The Morgan fingerprint density at radius 2 is 0.824 bits per heavy atom. The molecule has 0 aromatic carbocycles. The Kier molecular flexibility index (Phi) is 14.3. The van der Waals surface area contributed by atoms with Gasteiger partial charge in [-0.05, 0) is 25.7 Å². The number of hydrogen-bond donors (Lipinski definition) is 0. The predicted molar refractivity (Wildman–Crippen MR) is 133 cm³/mol. The standard InChI is InChI=1S/C26H50N2O6/c1-29-17-11-27-13-19-31-23-7-3-5-9-25(23)33-21-15-28(12-18-30-2)16-22-34-26-10-6-4-8-24(26)32-20-14-27/h23-26H,3-22H2,1-2H3. The molecule has 3 fully saturated rings. The number of hydrogen-bond acceptors (Lipinski definition) is 8. The van der Waals surface area contributed by atoms with Gasteiger partial charge in [-0.3, -0.25) is 9.80 Å². The van der Waals surface area contributed by atoms with Crippen molar-refractivity contribution in [2.24, 2.45) is 0 Å². The van der Waals surface area contributed by atoms with Gasteiger partial charge in [0.2, 0.25) is 0 Å². The molecule has 2 aliphatic carbocycles. The highest BCUT2D eigenvalue weighted by Crippen LogP contribution is 2.25. The van der Waals surface area contributed by atoms with E-state index in [-0.39, 0.29) is 24.4 Å². The molecule has 0 N–H and O–H groups in total. The van der Waals surface area contributed by atoms with Crippen molar-refractivity contribution >= 4 is 0 Å². The fraction of sp³-hybridized carbons (Fsp3) is 1.00. The molecule has 1 heterocycles. The first-order valence-electron chi connectivity index (χ1n) is 13.7. The molecule has 200 valence electrons. The fourth-order valence-electron chi connectivity index (χ4n) is 5.33. The molecule has 3 rings (SSSR count). The average Bonchev–Trinajstić information content (AvgIpc) is 2.86. The maximum Gasteiger partial charge on any atom is 0.0837 e. The van der Waals surface area contributed by atoms with E-state index in [0.717, 1.165) is 105 Å². The molecule has 1 aliphatic heterocycles. The van der Waals surface area contributed by atoms with Gasteiger partial charge < -0.3 is 28.4 Å². The largest absolute Gasteiger partial charge is 0.383 e. The van der Waals surface area contributed by atoms with Crippen molar-refractivity contribution in [1.29, 1.82) is 0 Å². The Hall–Kier alpha value is -0.320. The van der Waals surface area contributed by atoms with E-state index in [1.165, 1.54) is 25.7 Å². The first-order chi connectivity index (χ1) is 16.8. The Bertz CT molecular complexity index is 434. The number of ether oxygens (including phenoxy) is 6. The van der Waals surface area contributed by atoms with Gasteiger partial charge in [0.25, 0.3) is 0 Å². The lowest BCUT2D eigenvalue weighted by Crippen LogP contribution is -2.42. The maximum absolute atomic E-state index is 6.38. The van der Waals surface area contributed by atoms with Crippen LogP contribution in [-0.4, -0.2) is 127 Å². The molecule has 0 radical (unpaired) electrons. The lowest BCUT2D eigenvalue weighted by molar-refractivity contribution is -0.111. The molecule has 34 heavy (non-hydrogen) atoms. The molecule has 4 unspecified atom stereocenters. The summed E-state index contributed by atoms with van der Waals surface area (Å²) in [4.78, 5) is 4.80. The molecule has 2 saturated carbocycles. The van der Waals surface area contributed by atoms with Gasteiger partial charge in [-0.2, -0.15) is 0 Å². The van der Waals surface area contributed by atoms with Crippen LogP contribution >= 0.6 is 0 Å². The Labute approximate surface area is 207 Å². The van der Waals surface area contributed by atoms with Crippen molar-refractivity contribution in [3.63, 3.8) is 0 Å². The summed E-state index contributed by atoms with van der Waals surface area (Å²) in [7, 11) is 3.53. The molecule has 8 heteroatoms. The van der Waals surface area contributed by atoms with Crippen molar-refractivity contribution in [3.05, 3.63) is 0 Å². The fourth-order valence-corrected chi connectivity index (χ4v) is 5.33. The minimum absolute atomic E-state index is 0.201. The second-order valence-corrected chi connectivity index (χ2v) is 9.87. The minimum Gasteiger partial charge on any atom is -0.383 e. The average molecular weight is 487 g/mol. The normalized spacial score (nSPS) is 32.3. The van der Waals surface area contributed by atoms with E-state index in [2.05, 4.69) is 9.80 Å². The van der Waals surface area contributed by atoms with E-state index in [1.807, 2.05) is 0 Å². The van der Waals surface area contributed by atoms with Gasteiger partial charge in [-0.25, -0.2) is 0 Å². The molecule has 8 nitrogen and oxygen atoms in total.